The van der Waals surface area contributed by atoms with Crippen LogP contribution in [-0.4, -0.2) is 102 Å². The van der Waals surface area contributed by atoms with Crippen LogP contribution < -0.4 is 15.0 Å². The van der Waals surface area contributed by atoms with E-state index in [4.69, 9.17) is 9.47 Å². The highest BCUT2D eigenvalue weighted by molar-refractivity contribution is 5.97. The Hall–Kier alpha value is -2.63. The maximum absolute atomic E-state index is 14.0. The van der Waals surface area contributed by atoms with Crippen molar-refractivity contribution in [3.8, 4) is 5.88 Å². The van der Waals surface area contributed by atoms with Gasteiger partial charge in [0.15, 0.2) is 0 Å². The summed E-state index contributed by atoms with van der Waals surface area (Å²) >= 11 is 0. The number of aliphatic hydroxyl groups is 1. The lowest BCUT2D eigenvalue weighted by Crippen LogP contribution is -2.62. The highest BCUT2D eigenvalue weighted by Gasteiger charge is 2.47. The molecule has 0 bridgehead atoms. The number of aliphatic hydroxyl groups excluding tert-OH is 1. The molecule has 39 heavy (non-hydrogen) atoms. The number of morpholine rings is 1. The van der Waals surface area contributed by atoms with Crippen LogP contribution >= 0.6 is 0 Å². The number of nitrogens with one attached hydrogen (secondary N) is 1. The molecule has 1 amide bonds. The molecule has 6 rings (SSSR count). The van der Waals surface area contributed by atoms with Gasteiger partial charge in [0, 0.05) is 44.3 Å². The summed E-state index contributed by atoms with van der Waals surface area (Å²) in [5.41, 5.74) is 2.81. The molecule has 9 nitrogen and oxygen atoms in total. The quantitative estimate of drug-likeness (QED) is 0.548. The molecule has 1 aliphatic carbocycles. The van der Waals surface area contributed by atoms with Crippen LogP contribution in [0.3, 0.4) is 0 Å². The van der Waals surface area contributed by atoms with Crippen molar-refractivity contribution < 1.29 is 23.8 Å². The van der Waals surface area contributed by atoms with Crippen molar-refractivity contribution >= 4 is 11.6 Å². The number of halogens is 1. The Bertz CT molecular complexity index is 1200. The summed E-state index contributed by atoms with van der Waals surface area (Å²) in [6, 6.07) is 9.11. The van der Waals surface area contributed by atoms with Gasteiger partial charge in [0.1, 0.15) is 18.1 Å². The molecule has 0 unspecified atom stereocenters. The summed E-state index contributed by atoms with van der Waals surface area (Å²) < 4.78 is 25.2. The number of pyridine rings is 1. The zero-order valence-electron chi connectivity index (χ0n) is 22.7. The van der Waals surface area contributed by atoms with Gasteiger partial charge in [-0.15, -0.1) is 0 Å². The summed E-state index contributed by atoms with van der Waals surface area (Å²) in [5.74, 6) is 0.0881. The average molecular weight is 540 g/mol. The molecule has 210 valence electrons. The molecule has 2 N–H and O–H groups in total. The minimum atomic E-state index is -0.296. The Morgan fingerprint density at radius 3 is 2.85 bits per heavy atom. The lowest BCUT2D eigenvalue weighted by molar-refractivity contribution is -0.121. The van der Waals surface area contributed by atoms with E-state index in [-0.39, 0.29) is 30.4 Å². The highest BCUT2D eigenvalue weighted by atomic mass is 19.1. The molecule has 10 heteroatoms. The fourth-order valence-corrected chi connectivity index (χ4v) is 6.21. The number of hydrogen-bond acceptors (Lipinski definition) is 8. The second kappa shape index (κ2) is 11.1. The Morgan fingerprint density at radius 1 is 1.23 bits per heavy atom. The predicted octanol–water partition coefficient (Wildman–Crippen LogP) is 1.55. The summed E-state index contributed by atoms with van der Waals surface area (Å²) in [4.78, 5) is 25.2. The van der Waals surface area contributed by atoms with Crippen molar-refractivity contribution in [3.63, 3.8) is 0 Å². The summed E-state index contributed by atoms with van der Waals surface area (Å²) in [5, 5.41) is 13.6. The third-order valence-electron chi connectivity index (χ3n) is 8.41. The van der Waals surface area contributed by atoms with Crippen LogP contribution in [0.25, 0.3) is 0 Å². The summed E-state index contributed by atoms with van der Waals surface area (Å²) in [6.45, 7) is 8.85. The van der Waals surface area contributed by atoms with Gasteiger partial charge in [0.25, 0.3) is 0 Å². The topological polar surface area (TPSA) is 90.4 Å². The minimum Gasteiger partial charge on any atom is -0.474 e. The monoisotopic (exact) mass is 539 g/mol. The molecule has 1 aromatic heterocycles. The molecule has 1 aromatic carbocycles. The molecule has 3 fully saturated rings. The van der Waals surface area contributed by atoms with Crippen molar-refractivity contribution in [2.24, 2.45) is 0 Å². The van der Waals surface area contributed by atoms with Crippen molar-refractivity contribution in [1.82, 2.24) is 20.1 Å². The molecule has 0 spiro atoms. The van der Waals surface area contributed by atoms with E-state index in [1.807, 2.05) is 17.9 Å². The van der Waals surface area contributed by atoms with Crippen LogP contribution in [0.4, 0.5) is 10.1 Å². The number of anilines is 1. The first-order chi connectivity index (χ1) is 18.9. The average Bonchev–Trinajstić information content (AvgIpc) is 3.72. The largest absolute Gasteiger partial charge is 0.474 e. The van der Waals surface area contributed by atoms with E-state index in [9.17, 15) is 14.3 Å². The number of nitrogens with zero attached hydrogens (tertiary/aromatic N) is 4. The molecule has 4 heterocycles. The number of aromatic nitrogens is 1. The van der Waals surface area contributed by atoms with Gasteiger partial charge in [-0.3, -0.25) is 14.6 Å². The van der Waals surface area contributed by atoms with E-state index in [2.05, 4.69) is 27.0 Å². The Balaban J connectivity index is 1.23. The minimum absolute atomic E-state index is 0.0173. The van der Waals surface area contributed by atoms with E-state index in [1.165, 1.54) is 12.1 Å². The first kappa shape index (κ1) is 26.6. The number of hydrogen-bond donors (Lipinski definition) is 2. The maximum atomic E-state index is 14.0. The third kappa shape index (κ3) is 5.67. The zero-order valence-corrected chi connectivity index (χ0v) is 22.7. The number of piperazine rings is 1. The maximum Gasteiger partial charge on any atom is 0.241 e. The number of ether oxygens (including phenoxy) is 2. The van der Waals surface area contributed by atoms with Crippen LogP contribution in [0.1, 0.15) is 37.1 Å². The standard InChI is InChI=1S/C29H38FN5O4/c1-18-13-34(23(12-31-18)14-33-7-8-38-27-11-25(27)33)15-28(37)35-19(2)17-39-29-26(35)10-21(24(16-36)32-29)9-20-3-5-22(30)6-4-20/h3-6,10,18-19,23,25,27,31,36H,7-9,11-17H2,1-2H3/t18-,19+,23-,25-,27+/m1/s1. The van der Waals surface area contributed by atoms with Gasteiger partial charge in [-0.05, 0) is 56.0 Å². The van der Waals surface area contributed by atoms with E-state index in [0.717, 1.165) is 50.3 Å². The first-order valence-electron chi connectivity index (χ1n) is 14.1. The third-order valence-corrected chi connectivity index (χ3v) is 8.41. The van der Waals surface area contributed by atoms with Crippen molar-refractivity contribution in [1.29, 1.82) is 0 Å². The SMILES string of the molecule is C[C@@H]1CN(CC(=O)N2c3cc(Cc4ccc(F)cc4)c(CO)nc3OC[C@@H]2C)[C@@H](CN2CCO[C@H]3C[C@H]32)CN1. The normalized spacial score (nSPS) is 28.9. The summed E-state index contributed by atoms with van der Waals surface area (Å²) in [7, 11) is 0. The van der Waals surface area contributed by atoms with Crippen LogP contribution in [0.15, 0.2) is 30.3 Å². The van der Waals surface area contributed by atoms with Crippen LogP contribution in [0.2, 0.25) is 0 Å². The van der Waals surface area contributed by atoms with Crippen molar-refractivity contribution in [2.75, 3.05) is 50.8 Å². The number of carbonyl (C=O) groups excluding carboxylic acids is 1. The molecule has 2 aromatic rings. The number of rotatable bonds is 7. The lowest BCUT2D eigenvalue weighted by atomic mass is 10.0. The van der Waals surface area contributed by atoms with Gasteiger partial charge in [0.2, 0.25) is 11.8 Å². The second-order valence-corrected chi connectivity index (χ2v) is 11.4. The van der Waals surface area contributed by atoms with Crippen molar-refractivity contribution in [3.05, 3.63) is 53.0 Å². The van der Waals surface area contributed by atoms with Crippen LogP contribution in [0, 0.1) is 5.82 Å². The smallest absolute Gasteiger partial charge is 0.241 e. The molecular weight excluding hydrogens is 501 g/mol. The highest BCUT2D eigenvalue weighted by Crippen LogP contribution is 2.36. The van der Waals surface area contributed by atoms with E-state index in [1.54, 1.807) is 12.1 Å². The molecule has 3 aliphatic heterocycles. The number of amides is 1. The van der Waals surface area contributed by atoms with E-state index in [0.29, 0.717) is 55.0 Å². The van der Waals surface area contributed by atoms with E-state index >= 15 is 0 Å². The van der Waals surface area contributed by atoms with Gasteiger partial charge in [-0.2, -0.15) is 0 Å². The number of carbonyl (C=O) groups is 1. The Morgan fingerprint density at radius 2 is 2.05 bits per heavy atom. The molecule has 4 aliphatic rings. The summed E-state index contributed by atoms with van der Waals surface area (Å²) in [6.07, 6.45) is 1.96. The number of benzene rings is 1. The van der Waals surface area contributed by atoms with Crippen LogP contribution in [0.5, 0.6) is 5.88 Å². The van der Waals surface area contributed by atoms with E-state index < -0.39 is 0 Å². The lowest BCUT2D eigenvalue weighted by Gasteiger charge is -2.43. The first-order valence-corrected chi connectivity index (χ1v) is 14.1. The number of fused-ring (bicyclic) bond motifs is 2. The van der Waals surface area contributed by atoms with Gasteiger partial charge in [-0.25, -0.2) is 9.37 Å². The van der Waals surface area contributed by atoms with Gasteiger partial charge >= 0.3 is 0 Å². The van der Waals surface area contributed by atoms with Gasteiger partial charge < -0.3 is 24.8 Å². The van der Waals surface area contributed by atoms with Gasteiger partial charge in [0.05, 0.1) is 37.6 Å². The Labute approximate surface area is 228 Å². The molecule has 0 radical (unpaired) electrons. The molecule has 2 saturated heterocycles. The molecule has 1 saturated carbocycles. The van der Waals surface area contributed by atoms with Crippen LogP contribution in [-0.2, 0) is 22.6 Å². The van der Waals surface area contributed by atoms with Crippen molar-refractivity contribution in [2.45, 2.75) is 63.6 Å². The molecular formula is C29H38FN5O4. The Kier molecular flexibility index (Phi) is 7.56. The second-order valence-electron chi connectivity index (χ2n) is 11.4. The van der Waals surface area contributed by atoms with Gasteiger partial charge in [-0.1, -0.05) is 12.1 Å². The fraction of sp³-hybridized carbons (Fsp3) is 0.586. The predicted molar refractivity (Wildman–Crippen MR) is 144 cm³/mol. The fourth-order valence-electron chi connectivity index (χ4n) is 6.21. The molecule has 5 atom stereocenters. The zero-order chi connectivity index (χ0) is 27.1.